The lowest BCUT2D eigenvalue weighted by Crippen LogP contribution is -2.14. The molecule has 0 aromatic heterocycles. The van der Waals surface area contributed by atoms with E-state index in [-0.39, 0.29) is 5.84 Å². The Morgan fingerprint density at radius 3 is 3.00 bits per heavy atom. The normalized spacial score (nSPS) is 11.4. The number of benzene rings is 1. The highest BCUT2D eigenvalue weighted by Gasteiger charge is 1.97. The van der Waals surface area contributed by atoms with Crippen LogP contribution in [0.2, 0.25) is 0 Å². The first kappa shape index (κ1) is 12.3. The molecule has 0 spiro atoms. The van der Waals surface area contributed by atoms with Crippen molar-refractivity contribution in [1.29, 1.82) is 0 Å². The monoisotopic (exact) mass is 224 g/mol. The van der Waals surface area contributed by atoms with Gasteiger partial charge in [0, 0.05) is 6.42 Å². The lowest BCUT2D eigenvalue weighted by atomic mass is 10.2. The van der Waals surface area contributed by atoms with Gasteiger partial charge in [-0.3, -0.25) is 0 Å². The maximum absolute atomic E-state index is 8.31. The molecule has 0 aliphatic rings. The van der Waals surface area contributed by atoms with Crippen LogP contribution in [0, 0.1) is 0 Å². The van der Waals surface area contributed by atoms with E-state index in [2.05, 4.69) is 5.16 Å². The molecule has 0 atom stereocenters. The third kappa shape index (κ3) is 4.18. The van der Waals surface area contributed by atoms with Crippen LogP contribution in [0.3, 0.4) is 0 Å². The standard InChI is InChI=1S/C11H16N2O3/c1-15-10-4-2-3-9(7-10)8-16-6-5-11(12)13-14/h2-4,7,14H,5-6,8H2,1H3,(H2,12,13). The molecule has 0 unspecified atom stereocenters. The number of methoxy groups -OCH3 is 1. The highest BCUT2D eigenvalue weighted by molar-refractivity contribution is 5.79. The zero-order valence-electron chi connectivity index (χ0n) is 9.22. The van der Waals surface area contributed by atoms with E-state index in [9.17, 15) is 0 Å². The Morgan fingerprint density at radius 1 is 1.50 bits per heavy atom. The molecular weight excluding hydrogens is 208 g/mol. The minimum absolute atomic E-state index is 0.172. The van der Waals surface area contributed by atoms with Gasteiger partial charge in [0.25, 0.3) is 0 Å². The number of hydrogen-bond acceptors (Lipinski definition) is 4. The molecular formula is C11H16N2O3. The first-order valence-corrected chi connectivity index (χ1v) is 4.93. The minimum Gasteiger partial charge on any atom is -0.497 e. The highest BCUT2D eigenvalue weighted by Crippen LogP contribution is 2.13. The zero-order chi connectivity index (χ0) is 11.8. The van der Waals surface area contributed by atoms with Gasteiger partial charge in [-0.2, -0.15) is 0 Å². The molecule has 1 rings (SSSR count). The van der Waals surface area contributed by atoms with Crippen molar-refractivity contribution < 1.29 is 14.7 Å². The summed E-state index contributed by atoms with van der Waals surface area (Å²) >= 11 is 0. The minimum atomic E-state index is 0.172. The molecule has 0 saturated carbocycles. The molecule has 16 heavy (non-hydrogen) atoms. The van der Waals surface area contributed by atoms with Crippen LogP contribution in [0.5, 0.6) is 5.75 Å². The van der Waals surface area contributed by atoms with E-state index in [0.717, 1.165) is 11.3 Å². The Balaban J connectivity index is 2.31. The van der Waals surface area contributed by atoms with Crippen molar-refractivity contribution in [1.82, 2.24) is 0 Å². The van der Waals surface area contributed by atoms with Gasteiger partial charge in [-0.05, 0) is 17.7 Å². The van der Waals surface area contributed by atoms with E-state index in [1.165, 1.54) is 0 Å². The van der Waals surface area contributed by atoms with Crippen LogP contribution in [0.4, 0.5) is 0 Å². The number of rotatable bonds is 6. The molecule has 3 N–H and O–H groups in total. The van der Waals surface area contributed by atoms with Crippen molar-refractivity contribution in [2.45, 2.75) is 13.0 Å². The van der Waals surface area contributed by atoms with Crippen LogP contribution in [0.1, 0.15) is 12.0 Å². The van der Waals surface area contributed by atoms with Gasteiger partial charge in [0.15, 0.2) is 0 Å². The Morgan fingerprint density at radius 2 is 2.31 bits per heavy atom. The maximum atomic E-state index is 8.31. The summed E-state index contributed by atoms with van der Waals surface area (Å²) in [7, 11) is 1.62. The Labute approximate surface area is 94.5 Å². The second-order valence-electron chi connectivity index (χ2n) is 3.25. The molecule has 0 radical (unpaired) electrons. The number of ether oxygens (including phenoxy) is 2. The molecule has 0 bridgehead atoms. The van der Waals surface area contributed by atoms with E-state index in [1.807, 2.05) is 24.3 Å². The third-order valence-electron chi connectivity index (χ3n) is 2.03. The van der Waals surface area contributed by atoms with Crippen molar-refractivity contribution >= 4 is 5.84 Å². The fraction of sp³-hybridized carbons (Fsp3) is 0.364. The quantitative estimate of drug-likeness (QED) is 0.251. The summed E-state index contributed by atoms with van der Waals surface area (Å²) in [4.78, 5) is 0. The van der Waals surface area contributed by atoms with Gasteiger partial charge in [0.05, 0.1) is 20.3 Å². The first-order chi connectivity index (χ1) is 7.76. The van der Waals surface area contributed by atoms with Gasteiger partial charge >= 0.3 is 0 Å². The van der Waals surface area contributed by atoms with Crippen molar-refractivity contribution in [2.24, 2.45) is 10.9 Å². The number of nitrogens with two attached hydrogens (primary N) is 1. The Bertz CT molecular complexity index is 353. The SMILES string of the molecule is COc1cccc(COCC/C(N)=N/O)c1. The van der Waals surface area contributed by atoms with Crippen molar-refractivity contribution in [3.05, 3.63) is 29.8 Å². The van der Waals surface area contributed by atoms with Crippen LogP contribution < -0.4 is 10.5 Å². The summed E-state index contributed by atoms with van der Waals surface area (Å²) in [6.45, 7) is 0.906. The smallest absolute Gasteiger partial charge is 0.141 e. The topological polar surface area (TPSA) is 77.1 Å². The number of nitrogens with zero attached hydrogens (tertiary/aromatic N) is 1. The average molecular weight is 224 g/mol. The molecule has 1 aromatic carbocycles. The van der Waals surface area contributed by atoms with Crippen LogP contribution in [-0.2, 0) is 11.3 Å². The van der Waals surface area contributed by atoms with Gasteiger partial charge in [0.2, 0.25) is 0 Å². The second-order valence-corrected chi connectivity index (χ2v) is 3.25. The molecule has 0 heterocycles. The van der Waals surface area contributed by atoms with Gasteiger partial charge < -0.3 is 20.4 Å². The van der Waals surface area contributed by atoms with Gasteiger partial charge in [-0.25, -0.2) is 0 Å². The summed E-state index contributed by atoms with van der Waals surface area (Å²) in [5.41, 5.74) is 6.32. The van der Waals surface area contributed by atoms with E-state index in [0.29, 0.717) is 19.6 Å². The molecule has 0 fully saturated rings. The van der Waals surface area contributed by atoms with Gasteiger partial charge in [-0.1, -0.05) is 17.3 Å². The molecule has 0 amide bonds. The van der Waals surface area contributed by atoms with E-state index in [4.69, 9.17) is 20.4 Å². The number of amidine groups is 1. The molecule has 1 aromatic rings. The number of oxime groups is 1. The maximum Gasteiger partial charge on any atom is 0.141 e. The zero-order valence-corrected chi connectivity index (χ0v) is 9.22. The predicted molar refractivity (Wildman–Crippen MR) is 60.7 cm³/mol. The van der Waals surface area contributed by atoms with Gasteiger partial charge in [0.1, 0.15) is 11.6 Å². The Hall–Kier alpha value is -1.75. The van der Waals surface area contributed by atoms with Gasteiger partial charge in [-0.15, -0.1) is 0 Å². The lowest BCUT2D eigenvalue weighted by Gasteiger charge is -2.05. The second kappa shape index (κ2) is 6.68. The van der Waals surface area contributed by atoms with Crippen molar-refractivity contribution in [2.75, 3.05) is 13.7 Å². The molecule has 5 nitrogen and oxygen atoms in total. The fourth-order valence-corrected chi connectivity index (χ4v) is 1.18. The summed E-state index contributed by atoms with van der Waals surface area (Å²) in [6.07, 6.45) is 0.417. The predicted octanol–water partition coefficient (Wildman–Crippen LogP) is 1.35. The number of hydrogen-bond donors (Lipinski definition) is 2. The van der Waals surface area contributed by atoms with Crippen LogP contribution >= 0.6 is 0 Å². The molecule has 0 aliphatic heterocycles. The highest BCUT2D eigenvalue weighted by atomic mass is 16.5. The molecule has 5 heteroatoms. The van der Waals surface area contributed by atoms with E-state index in [1.54, 1.807) is 7.11 Å². The van der Waals surface area contributed by atoms with Crippen LogP contribution in [-0.4, -0.2) is 24.8 Å². The van der Waals surface area contributed by atoms with Crippen molar-refractivity contribution in [3.8, 4) is 5.75 Å². The summed E-state index contributed by atoms with van der Waals surface area (Å²) in [5, 5.41) is 11.2. The van der Waals surface area contributed by atoms with Crippen molar-refractivity contribution in [3.63, 3.8) is 0 Å². The molecule has 88 valence electrons. The van der Waals surface area contributed by atoms with Crippen LogP contribution in [0.25, 0.3) is 0 Å². The molecule has 0 aliphatic carbocycles. The first-order valence-electron chi connectivity index (χ1n) is 4.93. The summed E-state index contributed by atoms with van der Waals surface area (Å²) in [5.74, 6) is 0.975. The van der Waals surface area contributed by atoms with E-state index >= 15 is 0 Å². The van der Waals surface area contributed by atoms with E-state index < -0.39 is 0 Å². The summed E-state index contributed by atoms with van der Waals surface area (Å²) in [6, 6.07) is 7.64. The summed E-state index contributed by atoms with van der Waals surface area (Å²) < 4.78 is 10.5. The average Bonchev–Trinajstić information content (AvgIpc) is 2.34. The largest absolute Gasteiger partial charge is 0.497 e. The third-order valence-corrected chi connectivity index (χ3v) is 2.03. The lowest BCUT2D eigenvalue weighted by molar-refractivity contribution is 0.127. The Kier molecular flexibility index (Phi) is 5.15. The molecule has 0 saturated heterocycles. The fourth-order valence-electron chi connectivity index (χ4n) is 1.18. The van der Waals surface area contributed by atoms with Crippen LogP contribution in [0.15, 0.2) is 29.4 Å².